The molecule has 2 aromatic carbocycles. The summed E-state index contributed by atoms with van der Waals surface area (Å²) in [5.41, 5.74) is 2.30. The molecule has 114 valence electrons. The van der Waals surface area contributed by atoms with Crippen molar-refractivity contribution in [3.05, 3.63) is 42.5 Å². The number of rotatable bonds is 3. The predicted molar refractivity (Wildman–Crippen MR) is 89.9 cm³/mol. The Bertz CT molecular complexity index is 714. The van der Waals surface area contributed by atoms with E-state index in [9.17, 15) is 4.79 Å². The molecule has 0 unspecified atom stereocenters. The van der Waals surface area contributed by atoms with Crippen molar-refractivity contribution in [2.45, 2.75) is 13.8 Å². The van der Waals surface area contributed by atoms with Crippen molar-refractivity contribution in [1.82, 2.24) is 0 Å². The molecule has 0 N–H and O–H groups in total. The maximum absolute atomic E-state index is 12.1. The van der Waals surface area contributed by atoms with E-state index in [4.69, 9.17) is 16.3 Å². The van der Waals surface area contributed by atoms with Gasteiger partial charge in [-0.2, -0.15) is 0 Å². The Morgan fingerprint density at radius 2 is 1.77 bits per heavy atom. The molecule has 1 aliphatic heterocycles. The lowest BCUT2D eigenvalue weighted by molar-refractivity contribution is 0.265. The third-order valence-corrected chi connectivity index (χ3v) is 3.98. The van der Waals surface area contributed by atoms with Gasteiger partial charge in [-0.3, -0.25) is 9.69 Å². The Hall–Kier alpha value is -2.20. The van der Waals surface area contributed by atoms with Crippen molar-refractivity contribution in [2.75, 3.05) is 22.9 Å². The van der Waals surface area contributed by atoms with Gasteiger partial charge < -0.3 is 9.64 Å². The molecule has 0 aromatic heterocycles. The Morgan fingerprint density at radius 3 is 2.45 bits per heavy atom. The van der Waals surface area contributed by atoms with Crippen LogP contribution < -0.4 is 14.5 Å². The van der Waals surface area contributed by atoms with Gasteiger partial charge in [0.1, 0.15) is 5.69 Å². The lowest BCUT2D eigenvalue weighted by atomic mass is 10.1. The number of benzene rings is 2. The van der Waals surface area contributed by atoms with Crippen molar-refractivity contribution >= 4 is 34.0 Å². The molecule has 1 aliphatic rings. The van der Waals surface area contributed by atoms with E-state index >= 15 is 0 Å². The summed E-state index contributed by atoms with van der Waals surface area (Å²) in [5.74, 6) is 1.26. The van der Waals surface area contributed by atoms with Gasteiger partial charge in [0, 0.05) is 13.1 Å². The number of hydrogen-bond donors (Lipinski definition) is 0. The molecule has 1 heterocycles. The molecule has 22 heavy (non-hydrogen) atoms. The van der Waals surface area contributed by atoms with Gasteiger partial charge in [-0.25, -0.2) is 0 Å². The summed E-state index contributed by atoms with van der Waals surface area (Å²) in [4.78, 5) is 15.8. The molecule has 0 spiro atoms. The molecule has 0 bridgehead atoms. The zero-order valence-electron chi connectivity index (χ0n) is 12.5. The monoisotopic (exact) mass is 316 g/mol. The Labute approximate surface area is 134 Å². The molecule has 0 fully saturated rings. The molecule has 1 amide bonds. The number of carbonyl (C=O) groups excluding carboxylic acids is 1. The largest absolute Gasteiger partial charge is 0.453 e. The molecule has 0 radical (unpaired) electrons. The van der Waals surface area contributed by atoms with Crippen LogP contribution >= 0.6 is 11.6 Å². The smallest absolute Gasteiger partial charge is 0.325 e. The molecule has 0 atom stereocenters. The summed E-state index contributed by atoms with van der Waals surface area (Å²) < 4.78 is 5.96. The topological polar surface area (TPSA) is 32.8 Å². The number of para-hydroxylation sites is 3. The highest BCUT2D eigenvalue weighted by molar-refractivity contribution is 6.67. The molecule has 2 aromatic rings. The van der Waals surface area contributed by atoms with Gasteiger partial charge in [0.15, 0.2) is 11.5 Å². The highest BCUT2D eigenvalue weighted by Gasteiger charge is 2.31. The lowest BCUT2D eigenvalue weighted by Gasteiger charge is -2.34. The van der Waals surface area contributed by atoms with Crippen molar-refractivity contribution < 1.29 is 9.53 Å². The molecule has 0 aliphatic carbocycles. The number of amides is 1. The van der Waals surface area contributed by atoms with E-state index in [-0.39, 0.29) is 0 Å². The van der Waals surface area contributed by atoms with Crippen LogP contribution in [0.25, 0.3) is 0 Å². The average molecular weight is 317 g/mol. The third kappa shape index (κ3) is 2.29. The molecule has 3 rings (SSSR count). The van der Waals surface area contributed by atoms with Crippen LogP contribution in [0.15, 0.2) is 42.5 Å². The zero-order chi connectivity index (χ0) is 15.7. The van der Waals surface area contributed by atoms with Gasteiger partial charge in [0.25, 0.3) is 0 Å². The van der Waals surface area contributed by atoms with Gasteiger partial charge in [0.05, 0.1) is 11.4 Å². The minimum absolute atomic E-state index is 0.545. The first kappa shape index (κ1) is 14.7. The summed E-state index contributed by atoms with van der Waals surface area (Å²) in [7, 11) is 0. The summed E-state index contributed by atoms with van der Waals surface area (Å²) in [6.45, 7) is 5.82. The van der Waals surface area contributed by atoms with E-state index in [1.54, 1.807) is 0 Å². The molecule has 5 heteroatoms. The SMILES string of the molecule is CCN(CC)c1cccc2c1N(C(=O)Cl)c1ccccc1O2. The van der Waals surface area contributed by atoms with Crippen molar-refractivity contribution in [1.29, 1.82) is 0 Å². The van der Waals surface area contributed by atoms with Crippen molar-refractivity contribution in [3.8, 4) is 11.5 Å². The average Bonchev–Trinajstić information content (AvgIpc) is 2.53. The van der Waals surface area contributed by atoms with Crippen LogP contribution in [0.3, 0.4) is 0 Å². The normalized spacial score (nSPS) is 12.2. The Kier molecular flexibility index (Phi) is 3.94. The summed E-state index contributed by atoms with van der Waals surface area (Å²) in [6, 6.07) is 13.2. The van der Waals surface area contributed by atoms with Crippen LogP contribution in [0, 0.1) is 0 Å². The minimum atomic E-state index is -0.545. The van der Waals surface area contributed by atoms with Gasteiger partial charge in [-0.1, -0.05) is 18.2 Å². The number of anilines is 3. The van der Waals surface area contributed by atoms with E-state index in [0.717, 1.165) is 18.8 Å². The highest BCUT2D eigenvalue weighted by Crippen LogP contribution is 2.51. The highest BCUT2D eigenvalue weighted by atomic mass is 35.5. The fourth-order valence-electron chi connectivity index (χ4n) is 2.79. The fraction of sp³-hybridized carbons (Fsp3) is 0.235. The second kappa shape index (κ2) is 5.89. The summed E-state index contributed by atoms with van der Waals surface area (Å²) in [5, 5.41) is -0.545. The number of nitrogens with zero attached hydrogens (tertiary/aromatic N) is 2. The summed E-state index contributed by atoms with van der Waals surface area (Å²) >= 11 is 5.89. The number of fused-ring (bicyclic) bond motifs is 2. The number of ether oxygens (including phenoxy) is 1. The Morgan fingerprint density at radius 1 is 1.09 bits per heavy atom. The zero-order valence-corrected chi connectivity index (χ0v) is 13.3. The number of hydrogen-bond acceptors (Lipinski definition) is 3. The molecule has 4 nitrogen and oxygen atoms in total. The standard InChI is InChI=1S/C17H17ClN2O2/c1-3-19(4-2)13-9-7-11-15-16(13)20(17(18)21)12-8-5-6-10-14(12)22-15/h5-11H,3-4H2,1-2H3. The van der Waals surface area contributed by atoms with Gasteiger partial charge in [-0.15, -0.1) is 0 Å². The number of halogens is 1. The predicted octanol–water partition coefficient (Wildman–Crippen LogP) is 5.14. The first-order valence-electron chi connectivity index (χ1n) is 7.31. The maximum atomic E-state index is 12.1. The quantitative estimate of drug-likeness (QED) is 0.581. The van der Waals surface area contributed by atoms with E-state index < -0.39 is 5.37 Å². The van der Waals surface area contributed by atoms with E-state index in [1.807, 2.05) is 42.5 Å². The molecular weight excluding hydrogens is 300 g/mol. The fourth-order valence-corrected chi connectivity index (χ4v) is 2.96. The first-order valence-corrected chi connectivity index (χ1v) is 7.69. The molecule has 0 saturated carbocycles. The number of carbonyl (C=O) groups is 1. The Balaban J connectivity index is 2.23. The second-order valence-electron chi connectivity index (χ2n) is 4.95. The minimum Gasteiger partial charge on any atom is -0.453 e. The van der Waals surface area contributed by atoms with Crippen LogP contribution in [-0.2, 0) is 0 Å². The van der Waals surface area contributed by atoms with Gasteiger partial charge in [0.2, 0.25) is 0 Å². The van der Waals surface area contributed by atoms with E-state index in [0.29, 0.717) is 22.9 Å². The van der Waals surface area contributed by atoms with E-state index in [1.165, 1.54) is 4.90 Å². The van der Waals surface area contributed by atoms with Gasteiger partial charge in [-0.05, 0) is 49.7 Å². The van der Waals surface area contributed by atoms with Crippen LogP contribution in [0.2, 0.25) is 0 Å². The molecular formula is C17H17ClN2O2. The first-order chi connectivity index (χ1) is 10.7. The third-order valence-electron chi connectivity index (χ3n) is 3.81. The second-order valence-corrected chi connectivity index (χ2v) is 5.28. The maximum Gasteiger partial charge on any atom is 0.325 e. The van der Waals surface area contributed by atoms with Crippen LogP contribution in [0.5, 0.6) is 11.5 Å². The van der Waals surface area contributed by atoms with Crippen molar-refractivity contribution in [3.63, 3.8) is 0 Å². The van der Waals surface area contributed by atoms with Gasteiger partial charge >= 0.3 is 5.37 Å². The summed E-state index contributed by atoms with van der Waals surface area (Å²) in [6.07, 6.45) is 0. The van der Waals surface area contributed by atoms with Crippen LogP contribution in [0.4, 0.5) is 21.9 Å². The van der Waals surface area contributed by atoms with E-state index in [2.05, 4.69) is 18.7 Å². The van der Waals surface area contributed by atoms with Crippen LogP contribution in [-0.4, -0.2) is 18.5 Å². The lowest BCUT2D eigenvalue weighted by Crippen LogP contribution is -2.29. The molecule has 0 saturated heterocycles. The van der Waals surface area contributed by atoms with Crippen LogP contribution in [0.1, 0.15) is 13.8 Å². The van der Waals surface area contributed by atoms with Crippen molar-refractivity contribution in [2.24, 2.45) is 0 Å².